The third-order valence-corrected chi connectivity index (χ3v) is 9.89. The van der Waals surface area contributed by atoms with Crippen LogP contribution in [-0.4, -0.2) is 75.5 Å². The number of nitrogens with zero attached hydrogens (tertiary/aromatic N) is 5. The molecule has 8 rings (SSSR count). The standard InChI is InChI=1S/C34H36ClN5O6/c1-34(29-11-6-21(35)18-36-29)45-27-5-3-4-25(32(27)46-34)39-13-12-38(23-9-10-24(23)39)19-30-37-31-26(40(30)14-15-44-22-7-8-22)16-20(33(41)42)17-28(31)43-2/h3-6,11,16-18,22-24H,7-10,12-15,19H2,1-2H3,(H,41,42)/t23-,24-,34-/m1/s1. The van der Waals surface area contributed by atoms with E-state index in [1.54, 1.807) is 31.5 Å². The molecule has 2 saturated carbocycles. The SMILES string of the molecule is COc1cc(C(=O)O)cc2c1nc(CN1CCN(c3cccc4c3O[C@](C)(c3ccc(Cl)cn3)O4)[C@@H]3CC[C@H]31)n2CCOC1CC1. The second-order valence-corrected chi connectivity index (χ2v) is 13.0. The molecule has 2 aliphatic carbocycles. The van der Waals surface area contributed by atoms with Crippen LogP contribution >= 0.6 is 11.6 Å². The summed E-state index contributed by atoms with van der Waals surface area (Å²) in [6, 6.07) is 13.6. The number of carboxylic acid groups (broad SMARTS) is 1. The summed E-state index contributed by atoms with van der Waals surface area (Å²) < 4.78 is 26.6. The molecular weight excluding hydrogens is 610 g/mol. The van der Waals surface area contributed by atoms with Crippen LogP contribution in [0.25, 0.3) is 11.0 Å². The first kappa shape index (κ1) is 29.3. The molecule has 4 aromatic rings. The Labute approximate surface area is 271 Å². The van der Waals surface area contributed by atoms with Gasteiger partial charge in [-0.25, -0.2) is 9.78 Å². The lowest BCUT2D eigenvalue weighted by Crippen LogP contribution is -2.64. The van der Waals surface area contributed by atoms with Gasteiger partial charge in [-0.2, -0.15) is 0 Å². The summed E-state index contributed by atoms with van der Waals surface area (Å²) >= 11 is 6.08. The average Bonchev–Trinajstić information content (AvgIpc) is 3.69. The van der Waals surface area contributed by atoms with Gasteiger partial charge in [0.2, 0.25) is 0 Å². The molecule has 1 N–H and O–H groups in total. The van der Waals surface area contributed by atoms with Gasteiger partial charge in [0.25, 0.3) is 5.79 Å². The minimum absolute atomic E-state index is 0.178. The number of piperazine rings is 1. The van der Waals surface area contributed by atoms with Crippen LogP contribution < -0.4 is 19.1 Å². The molecule has 3 fully saturated rings. The van der Waals surface area contributed by atoms with Crippen LogP contribution in [0.4, 0.5) is 5.69 Å². The molecule has 0 bridgehead atoms. The zero-order valence-electron chi connectivity index (χ0n) is 25.8. The first-order chi connectivity index (χ1) is 22.3. The number of methoxy groups -OCH3 is 1. The number of anilines is 1. The van der Waals surface area contributed by atoms with Crippen molar-refractivity contribution in [2.75, 3.05) is 31.7 Å². The van der Waals surface area contributed by atoms with E-state index in [0.29, 0.717) is 65.6 Å². The summed E-state index contributed by atoms with van der Waals surface area (Å²) in [6.45, 7) is 5.32. The second kappa shape index (κ2) is 11.3. The van der Waals surface area contributed by atoms with Gasteiger partial charge in [0.1, 0.15) is 22.8 Å². The smallest absolute Gasteiger partial charge is 0.335 e. The molecular formula is C34H36ClN5O6. The number of ether oxygens (including phenoxy) is 4. The van der Waals surface area contributed by atoms with Gasteiger partial charge in [-0.05, 0) is 62.1 Å². The highest BCUT2D eigenvalue weighted by molar-refractivity contribution is 6.30. The van der Waals surface area contributed by atoms with E-state index in [2.05, 4.69) is 25.4 Å². The van der Waals surface area contributed by atoms with Crippen molar-refractivity contribution in [3.63, 3.8) is 0 Å². The number of carbonyl (C=O) groups is 1. The molecule has 0 unspecified atom stereocenters. The highest BCUT2D eigenvalue weighted by Crippen LogP contribution is 2.51. The average molecular weight is 646 g/mol. The van der Waals surface area contributed by atoms with Gasteiger partial charge in [0, 0.05) is 44.8 Å². The number of hydrogen-bond acceptors (Lipinski definition) is 9. The molecule has 2 aliphatic heterocycles. The number of rotatable bonds is 10. The summed E-state index contributed by atoms with van der Waals surface area (Å²) in [5.74, 6) is 0.742. The Morgan fingerprint density at radius 3 is 2.67 bits per heavy atom. The molecule has 4 aliphatic rings. The Kier molecular flexibility index (Phi) is 7.23. The molecule has 11 nitrogen and oxygen atoms in total. The molecule has 12 heteroatoms. The lowest BCUT2D eigenvalue weighted by molar-refractivity contribution is -0.0717. The molecule has 2 aromatic carbocycles. The normalized spacial score (nSPS) is 23.8. The van der Waals surface area contributed by atoms with Gasteiger partial charge in [-0.15, -0.1) is 0 Å². The zero-order chi connectivity index (χ0) is 31.6. The quantitative estimate of drug-likeness (QED) is 0.238. The van der Waals surface area contributed by atoms with Crippen molar-refractivity contribution in [2.24, 2.45) is 0 Å². The number of imidazole rings is 1. The predicted octanol–water partition coefficient (Wildman–Crippen LogP) is 5.47. The minimum atomic E-state index is -1.05. The van der Waals surface area contributed by atoms with Crippen molar-refractivity contribution < 1.29 is 28.8 Å². The summed E-state index contributed by atoms with van der Waals surface area (Å²) in [6.07, 6.45) is 6.29. The monoisotopic (exact) mass is 645 g/mol. The third-order valence-electron chi connectivity index (χ3n) is 9.66. The van der Waals surface area contributed by atoms with E-state index in [4.69, 9.17) is 35.5 Å². The molecule has 3 atom stereocenters. The van der Waals surface area contributed by atoms with Crippen LogP contribution in [0.15, 0.2) is 48.7 Å². The largest absolute Gasteiger partial charge is 0.494 e. The first-order valence-corrected chi connectivity index (χ1v) is 16.2. The fourth-order valence-electron chi connectivity index (χ4n) is 7.02. The number of aromatic carboxylic acids is 1. The van der Waals surface area contributed by atoms with Crippen LogP contribution in [0.3, 0.4) is 0 Å². The van der Waals surface area contributed by atoms with Crippen molar-refractivity contribution in [1.82, 2.24) is 19.4 Å². The van der Waals surface area contributed by atoms with Gasteiger partial charge in [-0.3, -0.25) is 9.88 Å². The van der Waals surface area contributed by atoms with Crippen LogP contribution in [0.2, 0.25) is 5.02 Å². The molecule has 4 heterocycles. The number of carboxylic acids is 1. The summed E-state index contributed by atoms with van der Waals surface area (Å²) in [4.78, 5) is 26.4. The van der Waals surface area contributed by atoms with Gasteiger partial charge >= 0.3 is 5.97 Å². The lowest BCUT2D eigenvalue weighted by Gasteiger charge is -2.54. The maximum Gasteiger partial charge on any atom is 0.335 e. The summed E-state index contributed by atoms with van der Waals surface area (Å²) in [5.41, 5.74) is 3.29. The van der Waals surface area contributed by atoms with E-state index in [9.17, 15) is 9.90 Å². The molecule has 0 spiro atoms. The molecule has 46 heavy (non-hydrogen) atoms. The van der Waals surface area contributed by atoms with Gasteiger partial charge < -0.3 is 33.5 Å². The summed E-state index contributed by atoms with van der Waals surface area (Å²) in [7, 11) is 1.55. The van der Waals surface area contributed by atoms with E-state index in [1.165, 1.54) is 0 Å². The van der Waals surface area contributed by atoms with Crippen LogP contribution in [-0.2, 0) is 23.6 Å². The van der Waals surface area contributed by atoms with Gasteiger partial charge in [0.05, 0.1) is 48.2 Å². The fraction of sp³-hybridized carbons (Fsp3) is 0.441. The maximum absolute atomic E-state index is 11.9. The van der Waals surface area contributed by atoms with E-state index in [-0.39, 0.29) is 5.56 Å². The molecule has 1 saturated heterocycles. The van der Waals surface area contributed by atoms with Crippen LogP contribution in [0.1, 0.15) is 54.5 Å². The maximum atomic E-state index is 11.9. The molecule has 2 aromatic heterocycles. The van der Waals surface area contributed by atoms with Crippen molar-refractivity contribution in [3.8, 4) is 17.2 Å². The highest BCUT2D eigenvalue weighted by atomic mass is 35.5. The second-order valence-electron chi connectivity index (χ2n) is 12.6. The predicted molar refractivity (Wildman–Crippen MR) is 171 cm³/mol. The number of pyridine rings is 1. The number of para-hydroxylation sites is 1. The zero-order valence-corrected chi connectivity index (χ0v) is 26.6. The number of benzene rings is 2. The van der Waals surface area contributed by atoms with Crippen LogP contribution in [0, 0.1) is 0 Å². The molecule has 0 amide bonds. The fourth-order valence-corrected chi connectivity index (χ4v) is 7.13. The van der Waals surface area contributed by atoms with Crippen molar-refractivity contribution in [3.05, 3.63) is 70.8 Å². The lowest BCUT2D eigenvalue weighted by atomic mass is 9.81. The number of halogens is 1. The Morgan fingerprint density at radius 2 is 1.96 bits per heavy atom. The Balaban J connectivity index is 1.05. The Bertz CT molecular complexity index is 1810. The Hall–Kier alpha value is -4.06. The van der Waals surface area contributed by atoms with E-state index in [0.717, 1.165) is 61.6 Å². The van der Waals surface area contributed by atoms with Crippen molar-refractivity contribution in [1.29, 1.82) is 0 Å². The number of fused-ring (bicyclic) bond motifs is 3. The topological polar surface area (TPSA) is 111 Å². The highest BCUT2D eigenvalue weighted by Gasteiger charge is 2.47. The molecule has 0 radical (unpaired) electrons. The van der Waals surface area contributed by atoms with E-state index in [1.807, 2.05) is 25.1 Å². The molecule has 240 valence electrons. The van der Waals surface area contributed by atoms with Crippen molar-refractivity contribution in [2.45, 2.75) is 69.7 Å². The first-order valence-electron chi connectivity index (χ1n) is 15.9. The van der Waals surface area contributed by atoms with Crippen molar-refractivity contribution >= 4 is 34.3 Å². The number of hydrogen-bond donors (Lipinski definition) is 1. The van der Waals surface area contributed by atoms with E-state index >= 15 is 0 Å². The minimum Gasteiger partial charge on any atom is -0.494 e. The Morgan fingerprint density at radius 1 is 1.11 bits per heavy atom. The third kappa shape index (κ3) is 5.10. The number of aromatic nitrogens is 3. The van der Waals surface area contributed by atoms with Gasteiger partial charge in [0.15, 0.2) is 11.5 Å². The van der Waals surface area contributed by atoms with E-state index < -0.39 is 11.8 Å². The van der Waals surface area contributed by atoms with Crippen LogP contribution in [0.5, 0.6) is 17.2 Å². The van der Waals surface area contributed by atoms with Gasteiger partial charge in [-0.1, -0.05) is 17.7 Å². The summed E-state index contributed by atoms with van der Waals surface area (Å²) in [5, 5.41) is 10.3.